The summed E-state index contributed by atoms with van der Waals surface area (Å²) < 4.78 is 5.38. The van der Waals surface area contributed by atoms with E-state index in [2.05, 4.69) is 11.2 Å². The van der Waals surface area contributed by atoms with Crippen molar-refractivity contribution in [3.05, 3.63) is 30.3 Å². The van der Waals surface area contributed by atoms with E-state index >= 15 is 0 Å². The molecule has 0 fully saturated rings. The molecule has 0 bridgehead atoms. The van der Waals surface area contributed by atoms with E-state index in [9.17, 15) is 4.79 Å². The van der Waals surface area contributed by atoms with Crippen LogP contribution in [0.2, 0.25) is 0 Å². The molecule has 1 aromatic carbocycles. The van der Waals surface area contributed by atoms with Crippen LogP contribution in [0.25, 0.3) is 0 Å². The van der Waals surface area contributed by atoms with Crippen molar-refractivity contribution in [3.63, 3.8) is 0 Å². The standard InChI is InChI=1S/C13H15NO2/c1-2-3-10-14-13(15)9-11-16-12-7-5-4-6-8-12/h1,4-8H,3,9-11H2,(H,14,15). The topological polar surface area (TPSA) is 38.3 Å². The van der Waals surface area contributed by atoms with E-state index in [0.29, 0.717) is 26.0 Å². The zero-order valence-electron chi connectivity index (χ0n) is 9.11. The number of nitrogens with one attached hydrogen (secondary N) is 1. The van der Waals surface area contributed by atoms with Crippen molar-refractivity contribution in [1.29, 1.82) is 0 Å². The minimum atomic E-state index is -0.0359. The van der Waals surface area contributed by atoms with E-state index in [4.69, 9.17) is 11.2 Å². The second-order valence-corrected chi connectivity index (χ2v) is 3.22. The van der Waals surface area contributed by atoms with Crippen LogP contribution in [0.3, 0.4) is 0 Å². The second kappa shape index (κ2) is 7.36. The van der Waals surface area contributed by atoms with Gasteiger partial charge in [0.25, 0.3) is 0 Å². The van der Waals surface area contributed by atoms with Gasteiger partial charge in [-0.3, -0.25) is 4.79 Å². The minimum Gasteiger partial charge on any atom is -0.493 e. The number of hydrogen-bond acceptors (Lipinski definition) is 2. The van der Waals surface area contributed by atoms with Crippen LogP contribution >= 0.6 is 0 Å². The number of carbonyl (C=O) groups is 1. The van der Waals surface area contributed by atoms with Crippen molar-refractivity contribution in [2.75, 3.05) is 13.2 Å². The zero-order chi connectivity index (χ0) is 11.6. The Morgan fingerprint density at radius 1 is 1.38 bits per heavy atom. The first-order valence-corrected chi connectivity index (χ1v) is 5.21. The summed E-state index contributed by atoms with van der Waals surface area (Å²) in [5, 5.41) is 2.71. The summed E-state index contributed by atoms with van der Waals surface area (Å²) >= 11 is 0. The number of rotatable bonds is 6. The molecule has 3 heteroatoms. The Balaban J connectivity index is 2.12. The Bertz CT molecular complexity index is 354. The molecule has 0 unspecified atom stereocenters. The number of para-hydroxylation sites is 1. The molecule has 0 heterocycles. The summed E-state index contributed by atoms with van der Waals surface area (Å²) in [5.41, 5.74) is 0. The highest BCUT2D eigenvalue weighted by Gasteiger charge is 2.00. The van der Waals surface area contributed by atoms with Gasteiger partial charge in [0.05, 0.1) is 13.0 Å². The summed E-state index contributed by atoms with van der Waals surface area (Å²) in [4.78, 5) is 11.2. The molecule has 0 saturated heterocycles. The smallest absolute Gasteiger partial charge is 0.223 e. The molecule has 0 aliphatic rings. The van der Waals surface area contributed by atoms with E-state index in [0.717, 1.165) is 5.75 Å². The highest BCUT2D eigenvalue weighted by Crippen LogP contribution is 2.08. The van der Waals surface area contributed by atoms with Gasteiger partial charge in [0.15, 0.2) is 0 Å². The average molecular weight is 217 g/mol. The van der Waals surface area contributed by atoms with Crippen molar-refractivity contribution >= 4 is 5.91 Å². The molecule has 0 aliphatic heterocycles. The van der Waals surface area contributed by atoms with Gasteiger partial charge in [-0.1, -0.05) is 18.2 Å². The summed E-state index contributed by atoms with van der Waals surface area (Å²) in [6.45, 7) is 0.909. The number of hydrogen-bond donors (Lipinski definition) is 1. The SMILES string of the molecule is C#CCCNC(=O)CCOc1ccccc1. The van der Waals surface area contributed by atoms with Gasteiger partial charge >= 0.3 is 0 Å². The molecule has 0 aliphatic carbocycles. The molecule has 1 amide bonds. The third kappa shape index (κ3) is 5.06. The quantitative estimate of drug-likeness (QED) is 0.580. The zero-order valence-corrected chi connectivity index (χ0v) is 9.11. The van der Waals surface area contributed by atoms with Crippen molar-refractivity contribution in [1.82, 2.24) is 5.32 Å². The highest BCUT2D eigenvalue weighted by atomic mass is 16.5. The van der Waals surface area contributed by atoms with Gasteiger partial charge in [-0.2, -0.15) is 0 Å². The fraction of sp³-hybridized carbons (Fsp3) is 0.308. The van der Waals surface area contributed by atoms with Crippen LogP contribution in [0.4, 0.5) is 0 Å². The molecule has 1 aromatic rings. The van der Waals surface area contributed by atoms with Gasteiger partial charge < -0.3 is 10.1 Å². The van der Waals surface area contributed by atoms with Crippen LogP contribution in [0.5, 0.6) is 5.75 Å². The Morgan fingerprint density at radius 3 is 2.81 bits per heavy atom. The van der Waals surface area contributed by atoms with Crippen LogP contribution < -0.4 is 10.1 Å². The van der Waals surface area contributed by atoms with Crippen molar-refractivity contribution in [3.8, 4) is 18.1 Å². The van der Waals surface area contributed by atoms with Gasteiger partial charge in [-0.25, -0.2) is 0 Å². The predicted molar refractivity (Wildman–Crippen MR) is 63.0 cm³/mol. The lowest BCUT2D eigenvalue weighted by Gasteiger charge is -2.05. The van der Waals surface area contributed by atoms with Crippen molar-refractivity contribution < 1.29 is 9.53 Å². The summed E-state index contributed by atoms with van der Waals surface area (Å²) in [7, 11) is 0. The van der Waals surface area contributed by atoms with E-state index in [-0.39, 0.29) is 5.91 Å². The lowest BCUT2D eigenvalue weighted by Crippen LogP contribution is -2.25. The van der Waals surface area contributed by atoms with Gasteiger partial charge in [0.1, 0.15) is 5.75 Å². The maximum absolute atomic E-state index is 11.2. The third-order valence-corrected chi connectivity index (χ3v) is 1.93. The first-order valence-electron chi connectivity index (χ1n) is 5.21. The van der Waals surface area contributed by atoms with E-state index < -0.39 is 0 Å². The lowest BCUT2D eigenvalue weighted by atomic mass is 10.3. The van der Waals surface area contributed by atoms with Gasteiger partial charge in [-0.15, -0.1) is 12.3 Å². The van der Waals surface area contributed by atoms with Crippen LogP contribution in [-0.2, 0) is 4.79 Å². The van der Waals surface area contributed by atoms with Crippen molar-refractivity contribution in [2.45, 2.75) is 12.8 Å². The molecule has 0 atom stereocenters. The van der Waals surface area contributed by atoms with Crippen LogP contribution in [-0.4, -0.2) is 19.1 Å². The maximum Gasteiger partial charge on any atom is 0.223 e. The largest absolute Gasteiger partial charge is 0.493 e. The highest BCUT2D eigenvalue weighted by molar-refractivity contribution is 5.75. The van der Waals surface area contributed by atoms with Crippen LogP contribution in [0, 0.1) is 12.3 Å². The van der Waals surface area contributed by atoms with E-state index in [1.54, 1.807) is 0 Å². The number of amides is 1. The van der Waals surface area contributed by atoms with Gasteiger partial charge in [0.2, 0.25) is 5.91 Å². The molecule has 0 saturated carbocycles. The summed E-state index contributed by atoms with van der Waals surface area (Å²) in [5.74, 6) is 3.20. The van der Waals surface area contributed by atoms with Crippen LogP contribution in [0.15, 0.2) is 30.3 Å². The lowest BCUT2D eigenvalue weighted by molar-refractivity contribution is -0.121. The number of terminal acetylenes is 1. The normalized spacial score (nSPS) is 9.19. The Kier molecular flexibility index (Phi) is 5.57. The van der Waals surface area contributed by atoms with E-state index in [1.807, 2.05) is 30.3 Å². The molecule has 16 heavy (non-hydrogen) atoms. The fourth-order valence-electron chi connectivity index (χ4n) is 1.14. The maximum atomic E-state index is 11.2. The minimum absolute atomic E-state index is 0.0359. The van der Waals surface area contributed by atoms with Crippen LogP contribution in [0.1, 0.15) is 12.8 Å². The second-order valence-electron chi connectivity index (χ2n) is 3.22. The third-order valence-electron chi connectivity index (χ3n) is 1.93. The van der Waals surface area contributed by atoms with Crippen molar-refractivity contribution in [2.24, 2.45) is 0 Å². The molecule has 3 nitrogen and oxygen atoms in total. The monoisotopic (exact) mass is 217 g/mol. The predicted octanol–water partition coefficient (Wildman–Crippen LogP) is 1.60. The molecule has 84 valence electrons. The molecule has 0 spiro atoms. The molecule has 1 rings (SSSR count). The van der Waals surface area contributed by atoms with E-state index in [1.165, 1.54) is 0 Å². The summed E-state index contributed by atoms with van der Waals surface area (Å²) in [6.07, 6.45) is 5.97. The molecular weight excluding hydrogens is 202 g/mol. The Morgan fingerprint density at radius 2 is 2.12 bits per heavy atom. The molecule has 0 aromatic heterocycles. The number of benzene rings is 1. The first kappa shape index (κ1) is 12.1. The molecular formula is C13H15NO2. The Hall–Kier alpha value is -1.95. The average Bonchev–Trinajstić information content (AvgIpc) is 2.31. The number of ether oxygens (including phenoxy) is 1. The number of carbonyl (C=O) groups excluding carboxylic acids is 1. The molecule has 1 N–H and O–H groups in total. The Labute approximate surface area is 95.8 Å². The first-order chi connectivity index (χ1) is 7.83. The molecule has 0 radical (unpaired) electrons. The summed E-state index contributed by atoms with van der Waals surface area (Å²) in [6, 6.07) is 9.41. The fourth-order valence-corrected chi connectivity index (χ4v) is 1.14. The van der Waals surface area contributed by atoms with Gasteiger partial charge in [0, 0.05) is 13.0 Å². The van der Waals surface area contributed by atoms with Gasteiger partial charge in [-0.05, 0) is 12.1 Å².